The second kappa shape index (κ2) is 4.61. The molecular weight excluding hydrogens is 232 g/mol. The summed E-state index contributed by atoms with van der Waals surface area (Å²) in [5.41, 5.74) is 11.4. The maximum absolute atomic E-state index is 6.12. The van der Waals surface area contributed by atoms with E-state index in [4.69, 9.17) is 5.73 Å². The topological polar surface area (TPSA) is 30.9 Å². The Morgan fingerprint density at radius 1 is 1.24 bits per heavy atom. The Morgan fingerprint density at radius 2 is 2.00 bits per heavy atom. The summed E-state index contributed by atoms with van der Waals surface area (Å²) < 4.78 is 2.42. The first kappa shape index (κ1) is 12.3. The number of anilines is 1. The molecule has 3 heteroatoms. The van der Waals surface area contributed by atoms with Gasteiger partial charge < -0.3 is 10.3 Å². The third-order valence-corrected chi connectivity index (χ3v) is 3.74. The van der Waals surface area contributed by atoms with Gasteiger partial charge in [-0.05, 0) is 44.2 Å². The quantitative estimate of drug-likeness (QED) is 0.771. The molecule has 0 saturated heterocycles. The maximum Gasteiger partial charge on any atom is 0.0718 e. The van der Waals surface area contributed by atoms with Crippen LogP contribution in [0.15, 0.2) is 18.2 Å². The third-order valence-electron chi connectivity index (χ3n) is 3.74. The Balaban J connectivity index is 0.00000108. The normalized spacial score (nSPS) is 14.4. The van der Waals surface area contributed by atoms with Crippen molar-refractivity contribution in [1.29, 1.82) is 0 Å². The maximum atomic E-state index is 6.12. The van der Waals surface area contributed by atoms with Crippen LogP contribution in [0, 0.1) is 0 Å². The molecule has 92 valence electrons. The Labute approximate surface area is 108 Å². The van der Waals surface area contributed by atoms with Crippen LogP contribution < -0.4 is 5.73 Å². The van der Waals surface area contributed by atoms with Crippen LogP contribution in [0.3, 0.4) is 0 Å². The highest BCUT2D eigenvalue weighted by Gasteiger charge is 2.19. The van der Waals surface area contributed by atoms with Crippen molar-refractivity contribution in [3.8, 4) is 0 Å². The number of hydrogen-bond donors (Lipinski definition) is 1. The minimum Gasteiger partial charge on any atom is -0.397 e. The summed E-state index contributed by atoms with van der Waals surface area (Å²) in [6, 6.07) is 6.31. The van der Waals surface area contributed by atoms with Crippen LogP contribution in [0.5, 0.6) is 0 Å². The van der Waals surface area contributed by atoms with Crippen LogP contribution in [-0.4, -0.2) is 4.57 Å². The van der Waals surface area contributed by atoms with Crippen LogP contribution in [0.25, 0.3) is 10.9 Å². The monoisotopic (exact) mass is 250 g/mol. The second-order valence-corrected chi connectivity index (χ2v) is 4.62. The van der Waals surface area contributed by atoms with Crippen molar-refractivity contribution in [2.75, 3.05) is 5.73 Å². The van der Waals surface area contributed by atoms with E-state index in [1.165, 1.54) is 42.3 Å². The number of nitrogens with zero attached hydrogens (tertiary/aromatic N) is 1. The molecule has 1 heterocycles. The molecule has 3 rings (SSSR count). The molecule has 0 radical (unpaired) electrons. The number of aromatic nitrogens is 1. The fourth-order valence-electron chi connectivity index (χ4n) is 3.07. The second-order valence-electron chi connectivity index (χ2n) is 4.62. The lowest BCUT2D eigenvalue weighted by molar-refractivity contribution is 0.630. The van der Waals surface area contributed by atoms with Gasteiger partial charge in [0.05, 0.1) is 11.2 Å². The molecule has 2 nitrogen and oxygen atoms in total. The van der Waals surface area contributed by atoms with E-state index in [0.29, 0.717) is 0 Å². The highest BCUT2D eigenvalue weighted by atomic mass is 35.5. The summed E-state index contributed by atoms with van der Waals surface area (Å²) >= 11 is 0. The number of nitrogens with two attached hydrogens (primary N) is 1. The van der Waals surface area contributed by atoms with Gasteiger partial charge in [0.2, 0.25) is 0 Å². The van der Waals surface area contributed by atoms with Gasteiger partial charge in [-0.1, -0.05) is 12.1 Å². The largest absolute Gasteiger partial charge is 0.397 e. The Bertz CT molecular complexity index is 543. The average Bonchev–Trinajstić information content (AvgIpc) is 2.65. The number of para-hydroxylation sites is 1. The van der Waals surface area contributed by atoms with E-state index in [1.807, 2.05) is 6.07 Å². The standard InChI is InChI=1S/C14H18N2.ClH/c1-2-16-13-9-4-3-6-10(13)11-7-5-8-12(15)14(11)16;/h5,7-8H,2-4,6,9,15H2,1H3;1H. The Morgan fingerprint density at radius 3 is 2.76 bits per heavy atom. The molecule has 0 spiro atoms. The first-order chi connectivity index (χ1) is 7.83. The van der Waals surface area contributed by atoms with Crippen LogP contribution in [0.4, 0.5) is 5.69 Å². The molecule has 0 unspecified atom stereocenters. The van der Waals surface area contributed by atoms with Crippen LogP contribution in [0.2, 0.25) is 0 Å². The lowest BCUT2D eigenvalue weighted by Crippen LogP contribution is -2.07. The van der Waals surface area contributed by atoms with Gasteiger partial charge in [-0.3, -0.25) is 0 Å². The smallest absolute Gasteiger partial charge is 0.0718 e. The van der Waals surface area contributed by atoms with Crippen molar-refractivity contribution in [3.05, 3.63) is 29.5 Å². The molecule has 0 atom stereocenters. The molecule has 0 saturated carbocycles. The third kappa shape index (κ3) is 1.71. The predicted molar refractivity (Wildman–Crippen MR) is 75.9 cm³/mol. The molecule has 1 aliphatic carbocycles. The Hall–Kier alpha value is -1.15. The van der Waals surface area contributed by atoms with Crippen LogP contribution in [-0.2, 0) is 19.4 Å². The summed E-state index contributed by atoms with van der Waals surface area (Å²) in [4.78, 5) is 0. The highest BCUT2D eigenvalue weighted by molar-refractivity contribution is 5.94. The van der Waals surface area contributed by atoms with Crippen molar-refractivity contribution in [2.24, 2.45) is 0 Å². The Kier molecular flexibility index (Phi) is 3.34. The molecule has 0 fully saturated rings. The molecular formula is C14H19ClN2. The zero-order valence-corrected chi connectivity index (χ0v) is 11.0. The first-order valence-electron chi connectivity index (χ1n) is 6.21. The van der Waals surface area contributed by atoms with E-state index in [-0.39, 0.29) is 12.4 Å². The van der Waals surface area contributed by atoms with Gasteiger partial charge >= 0.3 is 0 Å². The number of halogens is 1. The first-order valence-corrected chi connectivity index (χ1v) is 6.21. The molecule has 0 bridgehead atoms. The van der Waals surface area contributed by atoms with Gasteiger partial charge in [0.15, 0.2) is 0 Å². The van der Waals surface area contributed by atoms with E-state index >= 15 is 0 Å². The average molecular weight is 251 g/mol. The molecule has 0 aliphatic heterocycles. The number of hydrogen-bond acceptors (Lipinski definition) is 1. The summed E-state index contributed by atoms with van der Waals surface area (Å²) in [6.07, 6.45) is 5.09. The van der Waals surface area contributed by atoms with Crippen LogP contribution in [0.1, 0.15) is 31.0 Å². The molecule has 1 aromatic carbocycles. The van der Waals surface area contributed by atoms with E-state index in [2.05, 4.69) is 23.6 Å². The van der Waals surface area contributed by atoms with Crippen molar-refractivity contribution in [2.45, 2.75) is 39.2 Å². The van der Waals surface area contributed by atoms with Crippen LogP contribution >= 0.6 is 12.4 Å². The zero-order valence-electron chi connectivity index (χ0n) is 10.2. The highest BCUT2D eigenvalue weighted by Crippen LogP contribution is 2.34. The van der Waals surface area contributed by atoms with Crippen molar-refractivity contribution < 1.29 is 0 Å². The lowest BCUT2D eigenvalue weighted by atomic mass is 9.95. The number of fused-ring (bicyclic) bond motifs is 3. The fraction of sp³-hybridized carbons (Fsp3) is 0.429. The lowest BCUT2D eigenvalue weighted by Gasteiger charge is -2.14. The predicted octanol–water partition coefficient (Wildman–Crippen LogP) is 3.54. The number of rotatable bonds is 1. The molecule has 1 aromatic heterocycles. The number of nitrogen functional groups attached to an aromatic ring is 1. The zero-order chi connectivity index (χ0) is 11.1. The van der Waals surface area contributed by atoms with Gasteiger partial charge in [-0.25, -0.2) is 0 Å². The van der Waals surface area contributed by atoms with E-state index in [9.17, 15) is 0 Å². The summed E-state index contributed by atoms with van der Waals surface area (Å²) in [7, 11) is 0. The van der Waals surface area contributed by atoms with Crippen molar-refractivity contribution in [1.82, 2.24) is 4.57 Å². The minimum absolute atomic E-state index is 0. The number of benzene rings is 1. The van der Waals surface area contributed by atoms with Crippen molar-refractivity contribution in [3.63, 3.8) is 0 Å². The van der Waals surface area contributed by atoms with Gasteiger partial charge in [-0.2, -0.15) is 0 Å². The van der Waals surface area contributed by atoms with Gasteiger partial charge in [0, 0.05) is 17.6 Å². The molecule has 17 heavy (non-hydrogen) atoms. The summed E-state index contributed by atoms with van der Waals surface area (Å²) in [5, 5.41) is 1.39. The van der Waals surface area contributed by atoms with Gasteiger partial charge in [-0.15, -0.1) is 12.4 Å². The van der Waals surface area contributed by atoms with Gasteiger partial charge in [0.1, 0.15) is 0 Å². The molecule has 2 N–H and O–H groups in total. The summed E-state index contributed by atoms with van der Waals surface area (Å²) in [6.45, 7) is 3.24. The SMILES string of the molecule is CCn1c2c(c3cccc(N)c31)CCCC2.Cl. The van der Waals surface area contributed by atoms with E-state index in [1.54, 1.807) is 5.56 Å². The number of aryl methyl sites for hydroxylation is 2. The van der Waals surface area contributed by atoms with E-state index < -0.39 is 0 Å². The molecule has 1 aliphatic rings. The van der Waals surface area contributed by atoms with E-state index in [0.717, 1.165) is 12.2 Å². The minimum atomic E-state index is 0. The van der Waals surface area contributed by atoms with Gasteiger partial charge in [0.25, 0.3) is 0 Å². The molecule has 0 amide bonds. The fourth-order valence-corrected chi connectivity index (χ4v) is 3.07. The summed E-state index contributed by atoms with van der Waals surface area (Å²) in [5.74, 6) is 0. The molecule has 2 aromatic rings. The van der Waals surface area contributed by atoms with Crippen molar-refractivity contribution >= 4 is 29.0 Å².